The van der Waals surface area contributed by atoms with Crippen molar-refractivity contribution in [1.82, 2.24) is 10.2 Å². The second-order valence-corrected chi connectivity index (χ2v) is 10.4. The van der Waals surface area contributed by atoms with E-state index in [1.54, 1.807) is 6.92 Å². The molecule has 4 aliphatic rings. The molecule has 0 bridgehead atoms. The number of likely N-dealkylation sites (N-methyl/N-ethyl adjacent to an activating group) is 1. The van der Waals surface area contributed by atoms with Gasteiger partial charge in [-0.3, -0.25) is 19.3 Å². The van der Waals surface area contributed by atoms with Crippen LogP contribution in [0.3, 0.4) is 0 Å². The molecule has 11 heteroatoms. The third kappa shape index (κ3) is 3.37. The molecule has 1 saturated heterocycles. The Balaban J connectivity index is 1.67. The first-order valence-corrected chi connectivity index (χ1v) is 12.4. The minimum atomic E-state index is -2.72. The maximum absolute atomic E-state index is 15.9. The molecule has 0 radical (unpaired) electrons. The number of aliphatic hydroxyl groups excluding tert-OH is 2. The standard InChI is InChI=1S/C26H30FN3O7/c1-3-29-20-13-8-10-7-12-17(15(31)9-11(19(12)27)14-5-4-6-30(14)2)21(32)16(10)23(34)26(13,37)24(35)18(22(20)33)25(28)36/h9-10,13-14,20,29,31,33-34,37H,3-8H2,1-2H3,(H2,28,36)/t10-,13-,14?,20-,26-/m0/s1. The minimum Gasteiger partial charge on any atom is -0.510 e. The summed E-state index contributed by atoms with van der Waals surface area (Å²) in [5.41, 5.74) is 1.40. The molecule has 0 saturated carbocycles. The summed E-state index contributed by atoms with van der Waals surface area (Å²) in [5.74, 6) is -8.15. The van der Waals surface area contributed by atoms with Crippen molar-refractivity contribution >= 4 is 17.5 Å². The van der Waals surface area contributed by atoms with Crippen molar-refractivity contribution in [2.24, 2.45) is 17.6 Å². The van der Waals surface area contributed by atoms with E-state index in [4.69, 9.17) is 5.73 Å². The van der Waals surface area contributed by atoms with Gasteiger partial charge < -0.3 is 31.5 Å². The number of fused-ring (bicyclic) bond motifs is 3. The quantitative estimate of drug-likeness (QED) is 0.321. The van der Waals surface area contributed by atoms with E-state index in [2.05, 4.69) is 5.32 Å². The third-order valence-corrected chi connectivity index (χ3v) is 8.47. The highest BCUT2D eigenvalue weighted by Gasteiger charge is 2.62. The van der Waals surface area contributed by atoms with Gasteiger partial charge in [0.2, 0.25) is 5.78 Å². The van der Waals surface area contributed by atoms with Crippen LogP contribution in [0.1, 0.15) is 53.7 Å². The lowest BCUT2D eigenvalue weighted by Gasteiger charge is -2.48. The number of aromatic hydroxyl groups is 1. The Hall–Kier alpha value is -3.28. The zero-order chi connectivity index (χ0) is 27.0. The number of nitrogens with zero attached hydrogens (tertiary/aromatic N) is 1. The molecule has 1 heterocycles. The number of likely N-dealkylation sites (tertiary alicyclic amines) is 1. The highest BCUT2D eigenvalue weighted by atomic mass is 19.1. The average molecular weight is 516 g/mol. The Morgan fingerprint density at radius 1 is 1.30 bits per heavy atom. The van der Waals surface area contributed by atoms with Gasteiger partial charge in [-0.15, -0.1) is 0 Å². The number of nitrogens with one attached hydrogen (secondary N) is 1. The summed E-state index contributed by atoms with van der Waals surface area (Å²) in [6.45, 7) is 2.75. The van der Waals surface area contributed by atoms with E-state index in [1.807, 2.05) is 11.9 Å². The number of amides is 1. The van der Waals surface area contributed by atoms with Crippen LogP contribution in [0.4, 0.5) is 4.39 Å². The van der Waals surface area contributed by atoms with Gasteiger partial charge in [0.25, 0.3) is 5.91 Å². The number of phenolic OH excluding ortho intramolecular Hbond substituents is 1. The second kappa shape index (κ2) is 8.64. The van der Waals surface area contributed by atoms with Gasteiger partial charge in [-0.25, -0.2) is 4.39 Å². The van der Waals surface area contributed by atoms with E-state index >= 15 is 4.39 Å². The van der Waals surface area contributed by atoms with Crippen molar-refractivity contribution in [3.63, 3.8) is 0 Å². The van der Waals surface area contributed by atoms with Crippen LogP contribution in [0.2, 0.25) is 0 Å². The number of aliphatic hydroxyl groups is 3. The third-order valence-electron chi connectivity index (χ3n) is 8.47. The topological polar surface area (TPSA) is 173 Å². The predicted octanol–water partition coefficient (Wildman–Crippen LogP) is 1.07. The Labute approximate surface area is 212 Å². The summed E-state index contributed by atoms with van der Waals surface area (Å²) < 4.78 is 15.9. The number of carbonyl (C=O) groups excluding carboxylic acids is 3. The molecule has 3 aliphatic carbocycles. The van der Waals surface area contributed by atoms with Crippen molar-refractivity contribution in [2.75, 3.05) is 20.1 Å². The summed E-state index contributed by atoms with van der Waals surface area (Å²) in [6.07, 6.45) is 1.40. The van der Waals surface area contributed by atoms with E-state index in [0.717, 1.165) is 13.0 Å². The monoisotopic (exact) mass is 515 g/mol. The van der Waals surface area contributed by atoms with Gasteiger partial charge in [-0.2, -0.15) is 0 Å². The lowest BCUT2D eigenvalue weighted by Crippen LogP contribution is -2.64. The first kappa shape index (κ1) is 25.4. The fraction of sp³-hybridized carbons (Fsp3) is 0.500. The molecule has 37 heavy (non-hydrogen) atoms. The summed E-state index contributed by atoms with van der Waals surface area (Å²) in [4.78, 5) is 40.8. The molecular formula is C26H30FN3O7. The number of Topliss-reactive ketones (excluding diaryl/α,β-unsaturated/α-hetero) is 2. The number of carbonyl (C=O) groups is 3. The van der Waals surface area contributed by atoms with Crippen molar-refractivity contribution in [1.29, 1.82) is 0 Å². The van der Waals surface area contributed by atoms with Gasteiger partial charge in [-0.1, -0.05) is 6.92 Å². The number of hydrogen-bond acceptors (Lipinski definition) is 9. The van der Waals surface area contributed by atoms with Crippen LogP contribution >= 0.6 is 0 Å². The summed E-state index contributed by atoms with van der Waals surface area (Å²) in [6, 6.07) is -0.154. The van der Waals surface area contributed by atoms with Crippen molar-refractivity contribution < 1.29 is 39.2 Å². The van der Waals surface area contributed by atoms with E-state index in [1.165, 1.54) is 6.07 Å². The first-order valence-electron chi connectivity index (χ1n) is 12.4. The maximum Gasteiger partial charge on any atom is 0.255 e. The van der Waals surface area contributed by atoms with Crippen molar-refractivity contribution in [3.05, 3.63) is 51.2 Å². The molecule has 1 aromatic rings. The predicted molar refractivity (Wildman–Crippen MR) is 128 cm³/mol. The zero-order valence-electron chi connectivity index (χ0n) is 20.5. The molecule has 198 valence electrons. The smallest absolute Gasteiger partial charge is 0.255 e. The molecule has 1 amide bonds. The number of allylic oxidation sites excluding steroid dienone is 1. The summed E-state index contributed by atoms with van der Waals surface area (Å²) >= 11 is 0. The van der Waals surface area contributed by atoms with Gasteiger partial charge >= 0.3 is 0 Å². The van der Waals surface area contributed by atoms with Gasteiger partial charge in [0.05, 0.1) is 11.6 Å². The molecule has 0 aromatic heterocycles. The van der Waals surface area contributed by atoms with Crippen molar-refractivity contribution in [3.8, 4) is 5.75 Å². The van der Waals surface area contributed by atoms with E-state index in [-0.39, 0.29) is 47.7 Å². The number of phenols is 1. The van der Waals surface area contributed by atoms with E-state index in [0.29, 0.717) is 6.42 Å². The Bertz CT molecular complexity index is 1310. The Kier molecular flexibility index (Phi) is 5.93. The summed E-state index contributed by atoms with van der Waals surface area (Å²) in [5, 5.41) is 47.3. The summed E-state index contributed by atoms with van der Waals surface area (Å²) in [7, 11) is 1.86. The molecule has 7 N–H and O–H groups in total. The van der Waals surface area contributed by atoms with Crippen LogP contribution in [0.25, 0.3) is 0 Å². The second-order valence-electron chi connectivity index (χ2n) is 10.4. The molecule has 10 nitrogen and oxygen atoms in total. The van der Waals surface area contributed by atoms with E-state index in [9.17, 15) is 34.8 Å². The van der Waals surface area contributed by atoms with E-state index < -0.39 is 69.6 Å². The largest absolute Gasteiger partial charge is 0.510 e. The lowest BCUT2D eigenvalue weighted by molar-refractivity contribution is -0.146. The molecule has 0 spiro atoms. The zero-order valence-corrected chi connectivity index (χ0v) is 20.5. The normalized spacial score (nSPS) is 31.9. The van der Waals surface area contributed by atoms with Crippen LogP contribution in [0.15, 0.2) is 28.7 Å². The van der Waals surface area contributed by atoms with Gasteiger partial charge in [0.1, 0.15) is 28.7 Å². The SMILES string of the molecule is CCN[C@@H]1C(O)=C(C(N)=O)C(=O)[C@@]2(O)C(O)=C3C(=O)c4c(O)cc(C5CCCN5C)c(F)c4C[C@H]3C[C@@H]12. The molecule has 1 aliphatic heterocycles. The number of hydrogen-bond donors (Lipinski definition) is 6. The molecule has 5 atom stereocenters. The molecule has 1 fully saturated rings. The number of primary amides is 1. The minimum absolute atomic E-state index is 0.0204. The van der Waals surface area contributed by atoms with Gasteiger partial charge in [0, 0.05) is 28.7 Å². The molecule has 1 unspecified atom stereocenters. The first-order chi connectivity index (χ1) is 17.4. The fourth-order valence-electron chi connectivity index (χ4n) is 6.74. The van der Waals surface area contributed by atoms with Gasteiger partial charge in [-0.05, 0) is 57.8 Å². The number of benzene rings is 1. The fourth-order valence-corrected chi connectivity index (χ4v) is 6.74. The van der Waals surface area contributed by atoms with Crippen LogP contribution in [-0.2, 0) is 16.0 Å². The van der Waals surface area contributed by atoms with Crippen LogP contribution < -0.4 is 11.1 Å². The molecule has 1 aromatic carbocycles. The van der Waals surface area contributed by atoms with Crippen LogP contribution in [0, 0.1) is 17.7 Å². The Morgan fingerprint density at radius 2 is 2.00 bits per heavy atom. The van der Waals surface area contributed by atoms with Crippen LogP contribution in [0.5, 0.6) is 5.75 Å². The number of halogens is 1. The van der Waals surface area contributed by atoms with Crippen molar-refractivity contribution in [2.45, 2.75) is 50.3 Å². The molecular weight excluding hydrogens is 485 g/mol. The maximum atomic E-state index is 15.9. The van der Waals surface area contributed by atoms with Crippen LogP contribution in [-0.4, -0.2) is 74.6 Å². The highest BCUT2D eigenvalue weighted by Crippen LogP contribution is 2.52. The Morgan fingerprint density at radius 3 is 2.59 bits per heavy atom. The number of ketones is 2. The molecule has 5 rings (SSSR count). The number of nitrogens with two attached hydrogens (primary N) is 1. The lowest BCUT2D eigenvalue weighted by atomic mass is 9.58. The number of rotatable bonds is 4. The van der Waals surface area contributed by atoms with Gasteiger partial charge in [0.15, 0.2) is 11.4 Å². The average Bonchev–Trinajstić information content (AvgIpc) is 3.26. The highest BCUT2D eigenvalue weighted by molar-refractivity contribution is 6.24.